The zero-order valence-corrected chi connectivity index (χ0v) is 22.2. The Hall–Kier alpha value is -2.87. The van der Waals surface area contributed by atoms with E-state index in [2.05, 4.69) is 43.8 Å². The molecule has 0 aliphatic rings. The lowest BCUT2D eigenvalue weighted by molar-refractivity contribution is -0.112. The molecule has 2 N–H and O–H groups in total. The van der Waals surface area contributed by atoms with Gasteiger partial charge in [0.1, 0.15) is 24.0 Å². The van der Waals surface area contributed by atoms with Gasteiger partial charge in [0.2, 0.25) is 0 Å². The Balaban J connectivity index is 1.75. The van der Waals surface area contributed by atoms with Crippen molar-refractivity contribution in [3.8, 4) is 11.8 Å². The van der Waals surface area contributed by atoms with Gasteiger partial charge in [-0.15, -0.1) is 0 Å². The third-order valence-corrected chi connectivity index (χ3v) is 6.51. The van der Waals surface area contributed by atoms with Crippen molar-refractivity contribution in [1.82, 2.24) is 0 Å². The van der Waals surface area contributed by atoms with Gasteiger partial charge in [-0.05, 0) is 105 Å². The summed E-state index contributed by atoms with van der Waals surface area (Å²) in [5.41, 5.74) is 2.98. The molecule has 0 radical (unpaired) electrons. The monoisotopic (exact) mass is 650 g/mol. The van der Waals surface area contributed by atoms with Crippen LogP contribution in [0.25, 0.3) is 6.08 Å². The maximum Gasteiger partial charge on any atom is 0.335 e. The van der Waals surface area contributed by atoms with Crippen molar-refractivity contribution < 1.29 is 19.4 Å². The highest BCUT2D eigenvalue weighted by Crippen LogP contribution is 2.33. The average molecular weight is 652 g/mol. The number of aromatic carboxylic acids is 1. The van der Waals surface area contributed by atoms with E-state index in [1.54, 1.807) is 42.5 Å². The summed E-state index contributed by atoms with van der Waals surface area (Å²) >= 11 is 11.7. The Labute approximate surface area is 223 Å². The molecule has 0 saturated carbocycles. The third-order valence-electron chi connectivity index (χ3n) is 4.71. The summed E-state index contributed by atoms with van der Waals surface area (Å²) in [6.45, 7) is 2.10. The fourth-order valence-electron chi connectivity index (χ4n) is 2.88. The van der Waals surface area contributed by atoms with Crippen LogP contribution < -0.4 is 10.1 Å². The standard InChI is InChI=1S/C25H17BrClIN2O4/c1-14-2-7-19(11-21(14)27)30-24(31)18(12-29)8-16-9-20(26)23(22(28)10-16)34-13-15-3-5-17(6-4-15)25(32)33/h2-11H,13H2,1H3,(H,30,31)(H,32,33)/b18-8-. The molecule has 3 rings (SSSR count). The summed E-state index contributed by atoms with van der Waals surface area (Å²) in [7, 11) is 0. The van der Waals surface area contributed by atoms with E-state index in [1.807, 2.05) is 13.0 Å². The number of carbonyl (C=O) groups is 2. The van der Waals surface area contributed by atoms with Gasteiger partial charge in [-0.3, -0.25) is 4.79 Å². The second kappa shape index (κ2) is 11.5. The fraction of sp³-hybridized carbons (Fsp3) is 0.0800. The van der Waals surface area contributed by atoms with E-state index in [-0.39, 0.29) is 17.7 Å². The van der Waals surface area contributed by atoms with Crippen molar-refractivity contribution in [2.75, 3.05) is 5.32 Å². The normalized spacial score (nSPS) is 11.0. The van der Waals surface area contributed by atoms with E-state index < -0.39 is 11.9 Å². The number of nitriles is 1. The van der Waals surface area contributed by atoms with E-state index in [0.717, 1.165) is 14.7 Å². The number of carboxylic acid groups (broad SMARTS) is 1. The smallest absolute Gasteiger partial charge is 0.335 e. The first kappa shape index (κ1) is 25.7. The Bertz CT molecular complexity index is 1310. The van der Waals surface area contributed by atoms with E-state index in [1.165, 1.54) is 18.2 Å². The van der Waals surface area contributed by atoms with E-state index in [4.69, 9.17) is 21.4 Å². The molecule has 3 aromatic carbocycles. The van der Waals surface area contributed by atoms with Crippen LogP contribution in [0.5, 0.6) is 5.75 Å². The van der Waals surface area contributed by atoms with Gasteiger partial charge >= 0.3 is 5.97 Å². The zero-order chi connectivity index (χ0) is 24.8. The predicted octanol–water partition coefficient (Wildman–Crippen LogP) is 6.84. The molecule has 0 unspecified atom stereocenters. The number of anilines is 1. The number of hydrogen-bond donors (Lipinski definition) is 2. The van der Waals surface area contributed by atoms with Gasteiger partial charge in [0.05, 0.1) is 13.6 Å². The van der Waals surface area contributed by atoms with Gasteiger partial charge in [0.25, 0.3) is 5.91 Å². The van der Waals surface area contributed by atoms with Gasteiger partial charge in [-0.2, -0.15) is 5.26 Å². The molecule has 1 amide bonds. The van der Waals surface area contributed by atoms with Gasteiger partial charge in [0.15, 0.2) is 0 Å². The molecule has 34 heavy (non-hydrogen) atoms. The minimum Gasteiger partial charge on any atom is -0.487 e. The van der Waals surface area contributed by atoms with Crippen LogP contribution in [0.3, 0.4) is 0 Å². The molecule has 6 nitrogen and oxygen atoms in total. The second-order valence-electron chi connectivity index (χ2n) is 7.19. The van der Waals surface area contributed by atoms with E-state index in [9.17, 15) is 14.9 Å². The van der Waals surface area contributed by atoms with Crippen molar-refractivity contribution in [2.45, 2.75) is 13.5 Å². The summed E-state index contributed by atoms with van der Waals surface area (Å²) in [5, 5.41) is 21.7. The molecule has 0 bridgehead atoms. The fourth-order valence-corrected chi connectivity index (χ4v) is 4.83. The largest absolute Gasteiger partial charge is 0.487 e. The molecule has 0 atom stereocenters. The molecule has 0 spiro atoms. The first-order valence-electron chi connectivity index (χ1n) is 9.81. The Kier molecular flexibility index (Phi) is 8.72. The van der Waals surface area contributed by atoms with Crippen LogP contribution in [0.4, 0.5) is 5.69 Å². The second-order valence-corrected chi connectivity index (χ2v) is 9.62. The van der Waals surface area contributed by atoms with Crippen LogP contribution in [-0.2, 0) is 11.4 Å². The number of halogens is 3. The number of hydrogen-bond acceptors (Lipinski definition) is 4. The van der Waals surface area contributed by atoms with Crippen LogP contribution >= 0.6 is 50.1 Å². The van der Waals surface area contributed by atoms with Gasteiger partial charge < -0.3 is 15.2 Å². The molecular weight excluding hydrogens is 635 g/mol. The predicted molar refractivity (Wildman–Crippen MR) is 143 cm³/mol. The number of amides is 1. The SMILES string of the molecule is Cc1ccc(NC(=O)/C(C#N)=C\c2cc(Br)c(OCc3ccc(C(=O)O)cc3)c(I)c2)cc1Cl. The number of rotatable bonds is 7. The molecule has 0 aliphatic carbocycles. The summed E-state index contributed by atoms with van der Waals surface area (Å²) in [6.07, 6.45) is 1.49. The van der Waals surface area contributed by atoms with E-state index >= 15 is 0 Å². The van der Waals surface area contributed by atoms with Crippen molar-refractivity contribution >= 4 is 73.8 Å². The Morgan fingerprint density at radius 3 is 2.50 bits per heavy atom. The van der Waals surface area contributed by atoms with Crippen LogP contribution in [0, 0.1) is 21.8 Å². The maximum atomic E-state index is 12.6. The lowest BCUT2D eigenvalue weighted by Gasteiger charge is -2.12. The lowest BCUT2D eigenvalue weighted by atomic mass is 10.1. The van der Waals surface area contributed by atoms with Crippen LogP contribution in [-0.4, -0.2) is 17.0 Å². The molecule has 3 aromatic rings. The van der Waals surface area contributed by atoms with Gasteiger partial charge in [-0.1, -0.05) is 29.8 Å². The van der Waals surface area contributed by atoms with Crippen LogP contribution in [0.1, 0.15) is 27.0 Å². The number of carbonyl (C=O) groups excluding carboxylic acids is 1. The number of nitrogens with zero attached hydrogens (tertiary/aromatic N) is 1. The van der Waals surface area contributed by atoms with Crippen molar-refractivity contribution in [3.05, 3.63) is 95.5 Å². The van der Waals surface area contributed by atoms with Crippen molar-refractivity contribution in [2.24, 2.45) is 0 Å². The maximum absolute atomic E-state index is 12.6. The highest BCUT2D eigenvalue weighted by atomic mass is 127. The molecule has 0 fully saturated rings. The summed E-state index contributed by atoms with van der Waals surface area (Å²) in [5.74, 6) is -0.933. The average Bonchev–Trinajstić information content (AvgIpc) is 2.79. The first-order chi connectivity index (χ1) is 16.2. The Morgan fingerprint density at radius 2 is 1.91 bits per heavy atom. The molecule has 0 aromatic heterocycles. The van der Waals surface area contributed by atoms with Crippen LogP contribution in [0.15, 0.2) is 64.6 Å². The molecule has 9 heteroatoms. The van der Waals surface area contributed by atoms with Gasteiger partial charge in [-0.25, -0.2) is 4.79 Å². The zero-order valence-electron chi connectivity index (χ0n) is 17.7. The molecular formula is C25H17BrClIN2O4. The number of nitrogens with one attached hydrogen (secondary N) is 1. The minimum atomic E-state index is -0.985. The molecule has 0 heterocycles. The Morgan fingerprint density at radius 1 is 1.21 bits per heavy atom. The van der Waals surface area contributed by atoms with Crippen LogP contribution in [0.2, 0.25) is 5.02 Å². The summed E-state index contributed by atoms with van der Waals surface area (Å²) in [4.78, 5) is 23.6. The third kappa shape index (κ3) is 6.59. The van der Waals surface area contributed by atoms with Crippen molar-refractivity contribution in [1.29, 1.82) is 5.26 Å². The van der Waals surface area contributed by atoms with Gasteiger partial charge in [0, 0.05) is 10.7 Å². The summed E-state index contributed by atoms with van der Waals surface area (Å²) < 4.78 is 7.32. The number of benzene rings is 3. The topological polar surface area (TPSA) is 99.4 Å². The molecule has 172 valence electrons. The highest BCUT2D eigenvalue weighted by molar-refractivity contribution is 14.1. The summed E-state index contributed by atoms with van der Waals surface area (Å²) in [6, 6.07) is 17.0. The number of aryl methyl sites for hydroxylation is 1. The van der Waals surface area contributed by atoms with Crippen molar-refractivity contribution in [3.63, 3.8) is 0 Å². The molecule has 0 aliphatic heterocycles. The first-order valence-corrected chi connectivity index (χ1v) is 12.1. The lowest BCUT2D eigenvalue weighted by Crippen LogP contribution is -2.13. The molecule has 0 saturated heterocycles. The number of ether oxygens (including phenoxy) is 1. The van der Waals surface area contributed by atoms with E-state index in [0.29, 0.717) is 26.5 Å². The minimum absolute atomic E-state index is 0.0633. The highest BCUT2D eigenvalue weighted by Gasteiger charge is 2.13. The quantitative estimate of drug-likeness (QED) is 0.166. The number of carboxylic acids is 1.